The first kappa shape index (κ1) is 20.1. The molecule has 2 heterocycles. The van der Waals surface area contributed by atoms with Gasteiger partial charge in [0.1, 0.15) is 5.01 Å². The number of hydrogen-bond acceptors (Lipinski definition) is 5. The van der Waals surface area contributed by atoms with Crippen LogP contribution in [0, 0.1) is 11.6 Å². The van der Waals surface area contributed by atoms with Crippen molar-refractivity contribution in [1.29, 1.82) is 0 Å². The molecule has 0 spiro atoms. The maximum Gasteiger partial charge on any atom is 0.318 e. The molecule has 28 heavy (non-hydrogen) atoms. The number of rotatable bonds is 5. The van der Waals surface area contributed by atoms with E-state index in [1.54, 1.807) is 4.90 Å². The van der Waals surface area contributed by atoms with Gasteiger partial charge in [0.15, 0.2) is 11.6 Å². The van der Waals surface area contributed by atoms with Crippen LogP contribution in [0.3, 0.4) is 0 Å². The number of halogens is 2. The van der Waals surface area contributed by atoms with E-state index in [9.17, 15) is 18.4 Å². The molecule has 1 saturated heterocycles. The number of carbonyl (C=O) groups excluding carboxylic acids is 2. The number of benzene rings is 1. The fourth-order valence-corrected chi connectivity index (χ4v) is 3.77. The first-order valence-electron chi connectivity index (χ1n) is 9.06. The third-order valence-electron chi connectivity index (χ3n) is 4.59. The van der Waals surface area contributed by atoms with Crippen molar-refractivity contribution in [3.05, 3.63) is 39.8 Å². The molecule has 0 saturated carbocycles. The van der Waals surface area contributed by atoms with Crippen molar-refractivity contribution in [3.63, 3.8) is 0 Å². The van der Waals surface area contributed by atoms with Crippen LogP contribution in [0.4, 0.5) is 19.3 Å². The number of urea groups is 1. The van der Waals surface area contributed by atoms with E-state index >= 15 is 0 Å². The monoisotopic (exact) mass is 409 g/mol. The Hall–Kier alpha value is -2.62. The Bertz CT molecular complexity index is 875. The average molecular weight is 409 g/mol. The predicted octanol–water partition coefficient (Wildman–Crippen LogP) is 3.71. The van der Waals surface area contributed by atoms with Crippen LogP contribution in [0.25, 0.3) is 0 Å². The SMILES string of the molecule is CC[C@H](C)NC(=O)N1CCC[C@@H]1c1nnc(C(=O)Nc2ccc(F)c(F)c2)s1. The molecule has 1 aliphatic heterocycles. The zero-order chi connectivity index (χ0) is 20.3. The van der Waals surface area contributed by atoms with Gasteiger partial charge in [-0.05, 0) is 38.3 Å². The molecule has 150 valence electrons. The van der Waals surface area contributed by atoms with E-state index in [1.165, 1.54) is 6.07 Å². The van der Waals surface area contributed by atoms with Crippen LogP contribution < -0.4 is 10.6 Å². The number of anilines is 1. The maximum absolute atomic E-state index is 13.3. The summed E-state index contributed by atoms with van der Waals surface area (Å²) < 4.78 is 26.3. The summed E-state index contributed by atoms with van der Waals surface area (Å²) in [5.41, 5.74) is 0.121. The lowest BCUT2D eigenvalue weighted by Gasteiger charge is -2.25. The molecule has 1 aliphatic rings. The highest BCUT2D eigenvalue weighted by Crippen LogP contribution is 2.33. The zero-order valence-electron chi connectivity index (χ0n) is 15.5. The third kappa shape index (κ3) is 4.44. The van der Waals surface area contributed by atoms with Gasteiger partial charge in [0.05, 0.1) is 6.04 Å². The Morgan fingerprint density at radius 2 is 2.11 bits per heavy atom. The summed E-state index contributed by atoms with van der Waals surface area (Å²) in [5.74, 6) is -2.61. The molecule has 2 atom stereocenters. The quantitative estimate of drug-likeness (QED) is 0.788. The molecule has 7 nitrogen and oxygen atoms in total. The van der Waals surface area contributed by atoms with E-state index in [1.807, 2.05) is 13.8 Å². The van der Waals surface area contributed by atoms with Crippen LogP contribution in [0.5, 0.6) is 0 Å². The van der Waals surface area contributed by atoms with E-state index < -0.39 is 17.5 Å². The second-order valence-electron chi connectivity index (χ2n) is 6.64. The molecular weight excluding hydrogens is 388 g/mol. The van der Waals surface area contributed by atoms with Crippen molar-refractivity contribution in [2.24, 2.45) is 0 Å². The Balaban J connectivity index is 1.69. The van der Waals surface area contributed by atoms with Crippen molar-refractivity contribution in [2.45, 2.75) is 45.2 Å². The summed E-state index contributed by atoms with van der Waals surface area (Å²) in [4.78, 5) is 26.5. The second kappa shape index (κ2) is 8.59. The van der Waals surface area contributed by atoms with Crippen molar-refractivity contribution in [2.75, 3.05) is 11.9 Å². The smallest absolute Gasteiger partial charge is 0.318 e. The summed E-state index contributed by atoms with van der Waals surface area (Å²) in [6, 6.07) is 2.78. The summed E-state index contributed by atoms with van der Waals surface area (Å²) in [6.07, 6.45) is 2.42. The topological polar surface area (TPSA) is 87.2 Å². The zero-order valence-corrected chi connectivity index (χ0v) is 16.4. The van der Waals surface area contributed by atoms with Gasteiger partial charge in [-0.3, -0.25) is 4.79 Å². The minimum Gasteiger partial charge on any atom is -0.336 e. The van der Waals surface area contributed by atoms with Crippen molar-refractivity contribution in [1.82, 2.24) is 20.4 Å². The number of aromatic nitrogens is 2. The standard InChI is InChI=1S/C18H21F2N5O2S/c1-3-10(2)21-18(27)25-8-4-5-14(25)16-23-24-17(28-16)15(26)22-11-6-7-12(19)13(20)9-11/h6-7,9-10,14H,3-5,8H2,1-2H3,(H,21,27)(H,22,26)/t10-,14+/m0/s1. The van der Waals surface area contributed by atoms with Crippen LogP contribution in [0.2, 0.25) is 0 Å². The fourth-order valence-electron chi connectivity index (χ4n) is 2.88. The summed E-state index contributed by atoms with van der Waals surface area (Å²) in [5, 5.41) is 14.1. The molecule has 1 fully saturated rings. The molecule has 3 amide bonds. The average Bonchev–Trinajstić information content (AvgIpc) is 3.33. The lowest BCUT2D eigenvalue weighted by atomic mass is 10.2. The fraction of sp³-hybridized carbons (Fsp3) is 0.444. The molecule has 10 heteroatoms. The van der Waals surface area contributed by atoms with Crippen LogP contribution in [0.15, 0.2) is 18.2 Å². The Labute approximate surface area is 165 Å². The van der Waals surface area contributed by atoms with Gasteiger partial charge in [-0.25, -0.2) is 13.6 Å². The highest BCUT2D eigenvalue weighted by atomic mass is 32.1. The summed E-state index contributed by atoms with van der Waals surface area (Å²) >= 11 is 1.09. The van der Waals surface area contributed by atoms with E-state index in [0.717, 1.165) is 42.7 Å². The maximum atomic E-state index is 13.3. The first-order chi connectivity index (χ1) is 13.4. The molecular formula is C18H21F2N5O2S. The van der Waals surface area contributed by atoms with Gasteiger partial charge in [-0.15, -0.1) is 10.2 Å². The van der Waals surface area contributed by atoms with Crippen LogP contribution in [-0.2, 0) is 0 Å². The Kier molecular flexibility index (Phi) is 6.18. The van der Waals surface area contributed by atoms with Crippen molar-refractivity contribution in [3.8, 4) is 0 Å². The molecule has 3 rings (SSSR count). The highest BCUT2D eigenvalue weighted by molar-refractivity contribution is 7.13. The van der Waals surface area contributed by atoms with Gasteiger partial charge in [0.25, 0.3) is 5.91 Å². The number of nitrogens with one attached hydrogen (secondary N) is 2. The van der Waals surface area contributed by atoms with Crippen LogP contribution in [-0.4, -0.2) is 39.6 Å². The molecule has 2 aromatic rings. The van der Waals surface area contributed by atoms with E-state index in [2.05, 4.69) is 20.8 Å². The molecule has 2 N–H and O–H groups in total. The number of amides is 3. The summed E-state index contributed by atoms with van der Waals surface area (Å²) in [7, 11) is 0. The molecule has 1 aromatic heterocycles. The first-order valence-corrected chi connectivity index (χ1v) is 9.87. The van der Waals surface area contributed by atoms with E-state index in [4.69, 9.17) is 0 Å². The molecule has 0 aliphatic carbocycles. The summed E-state index contributed by atoms with van der Waals surface area (Å²) in [6.45, 7) is 4.55. The van der Waals surface area contributed by atoms with Crippen LogP contribution >= 0.6 is 11.3 Å². The normalized spacial score (nSPS) is 17.4. The number of carbonyl (C=O) groups is 2. The number of hydrogen-bond donors (Lipinski definition) is 2. The number of nitrogens with zero attached hydrogens (tertiary/aromatic N) is 3. The van der Waals surface area contributed by atoms with E-state index in [-0.39, 0.29) is 28.8 Å². The Morgan fingerprint density at radius 1 is 1.32 bits per heavy atom. The van der Waals surface area contributed by atoms with Crippen molar-refractivity contribution >= 4 is 29.0 Å². The second-order valence-corrected chi connectivity index (χ2v) is 7.65. The highest BCUT2D eigenvalue weighted by Gasteiger charge is 2.33. The van der Waals surface area contributed by atoms with Crippen LogP contribution in [0.1, 0.15) is 54.0 Å². The minimum atomic E-state index is -1.05. The molecule has 1 aromatic carbocycles. The largest absolute Gasteiger partial charge is 0.336 e. The lowest BCUT2D eigenvalue weighted by Crippen LogP contribution is -2.43. The minimum absolute atomic E-state index is 0.0700. The van der Waals surface area contributed by atoms with Gasteiger partial charge in [-0.2, -0.15) is 0 Å². The van der Waals surface area contributed by atoms with Gasteiger partial charge in [-0.1, -0.05) is 18.3 Å². The Morgan fingerprint density at radius 3 is 2.82 bits per heavy atom. The van der Waals surface area contributed by atoms with E-state index in [0.29, 0.717) is 11.6 Å². The molecule has 0 unspecified atom stereocenters. The van der Waals surface area contributed by atoms with Crippen molar-refractivity contribution < 1.29 is 18.4 Å². The van der Waals surface area contributed by atoms with Gasteiger partial charge in [0, 0.05) is 24.3 Å². The number of likely N-dealkylation sites (tertiary alicyclic amines) is 1. The molecule has 0 radical (unpaired) electrons. The van der Waals surface area contributed by atoms with Gasteiger partial charge in [0.2, 0.25) is 5.01 Å². The molecule has 0 bridgehead atoms. The predicted molar refractivity (Wildman–Crippen MR) is 101 cm³/mol. The third-order valence-corrected chi connectivity index (χ3v) is 5.62. The van der Waals surface area contributed by atoms with Gasteiger partial charge < -0.3 is 15.5 Å². The lowest BCUT2D eigenvalue weighted by molar-refractivity contribution is 0.102. The van der Waals surface area contributed by atoms with Gasteiger partial charge >= 0.3 is 6.03 Å².